The van der Waals surface area contributed by atoms with Gasteiger partial charge in [-0.3, -0.25) is 14.5 Å². The molecule has 0 saturated carbocycles. The third kappa shape index (κ3) is 3.48. The lowest BCUT2D eigenvalue weighted by Crippen LogP contribution is -2.40. The molecule has 2 N–H and O–H groups in total. The van der Waals surface area contributed by atoms with Crippen LogP contribution in [0.15, 0.2) is 29.1 Å². The van der Waals surface area contributed by atoms with Crippen LogP contribution >= 0.6 is 0 Å². The molecular formula is C24H29N5O3. The summed E-state index contributed by atoms with van der Waals surface area (Å²) in [5.41, 5.74) is 2.94. The van der Waals surface area contributed by atoms with Crippen LogP contribution in [0.25, 0.3) is 10.9 Å². The van der Waals surface area contributed by atoms with E-state index in [1.54, 1.807) is 7.11 Å². The van der Waals surface area contributed by atoms with Crippen LogP contribution in [-0.4, -0.2) is 56.9 Å². The summed E-state index contributed by atoms with van der Waals surface area (Å²) in [7, 11) is 1.62. The van der Waals surface area contributed by atoms with E-state index in [4.69, 9.17) is 9.72 Å². The Balaban J connectivity index is 1.46. The number of H-pyrrole nitrogens is 2. The number of nitrogens with zero attached hydrogens (tertiary/aromatic N) is 3. The van der Waals surface area contributed by atoms with Crippen LogP contribution in [0.1, 0.15) is 60.3 Å². The van der Waals surface area contributed by atoms with Gasteiger partial charge in [-0.2, -0.15) is 0 Å². The van der Waals surface area contributed by atoms with Gasteiger partial charge in [-0.25, -0.2) is 4.98 Å². The zero-order valence-electron chi connectivity index (χ0n) is 18.8. The second-order valence-electron chi connectivity index (χ2n) is 8.95. The van der Waals surface area contributed by atoms with E-state index in [0.717, 1.165) is 47.3 Å². The van der Waals surface area contributed by atoms with E-state index in [9.17, 15) is 9.59 Å². The van der Waals surface area contributed by atoms with Crippen LogP contribution in [0.5, 0.6) is 5.75 Å². The average molecular weight is 436 g/mol. The van der Waals surface area contributed by atoms with Gasteiger partial charge in [0.2, 0.25) is 0 Å². The van der Waals surface area contributed by atoms with Crippen molar-refractivity contribution in [2.24, 2.45) is 0 Å². The van der Waals surface area contributed by atoms with E-state index in [0.29, 0.717) is 37.1 Å². The lowest BCUT2D eigenvalue weighted by Gasteiger charge is -2.31. The second-order valence-corrected chi connectivity index (χ2v) is 8.95. The zero-order chi connectivity index (χ0) is 22.4. The number of amides is 1. The quantitative estimate of drug-likeness (QED) is 0.657. The first-order valence-corrected chi connectivity index (χ1v) is 11.3. The smallest absolute Gasteiger partial charge is 0.270 e. The van der Waals surface area contributed by atoms with Gasteiger partial charge in [0.05, 0.1) is 18.8 Å². The summed E-state index contributed by atoms with van der Waals surface area (Å²) in [5, 5.41) is 0.878. The highest BCUT2D eigenvalue weighted by Gasteiger charge is 2.34. The van der Waals surface area contributed by atoms with Gasteiger partial charge in [0.1, 0.15) is 17.3 Å². The first kappa shape index (κ1) is 20.8. The van der Waals surface area contributed by atoms with Crippen LogP contribution in [-0.2, 0) is 13.0 Å². The van der Waals surface area contributed by atoms with Gasteiger partial charge in [-0.15, -0.1) is 0 Å². The zero-order valence-corrected chi connectivity index (χ0v) is 18.8. The minimum Gasteiger partial charge on any atom is -0.496 e. The van der Waals surface area contributed by atoms with Crippen molar-refractivity contribution in [3.63, 3.8) is 0 Å². The molecule has 0 bridgehead atoms. The van der Waals surface area contributed by atoms with Crippen LogP contribution in [0, 0.1) is 0 Å². The molecule has 0 aliphatic carbocycles. The highest BCUT2D eigenvalue weighted by Crippen LogP contribution is 2.33. The van der Waals surface area contributed by atoms with Crippen molar-refractivity contribution in [2.45, 2.75) is 51.7 Å². The van der Waals surface area contributed by atoms with Gasteiger partial charge in [-0.1, -0.05) is 6.07 Å². The van der Waals surface area contributed by atoms with Gasteiger partial charge in [0.25, 0.3) is 11.5 Å². The lowest BCUT2D eigenvalue weighted by atomic mass is 10.0. The Morgan fingerprint density at radius 1 is 1.25 bits per heavy atom. The normalized spacial score (nSPS) is 19.0. The fourth-order valence-corrected chi connectivity index (χ4v) is 4.95. The number of aromatic nitrogens is 3. The van der Waals surface area contributed by atoms with Crippen molar-refractivity contribution in [3.05, 3.63) is 57.4 Å². The molecule has 2 aliphatic heterocycles. The largest absolute Gasteiger partial charge is 0.496 e. The van der Waals surface area contributed by atoms with E-state index in [2.05, 4.69) is 28.7 Å². The second kappa shape index (κ2) is 8.09. The number of fused-ring (bicyclic) bond motifs is 2. The maximum Gasteiger partial charge on any atom is 0.270 e. The minimum atomic E-state index is -0.233. The molecule has 8 nitrogen and oxygen atoms in total. The molecule has 5 rings (SSSR count). The van der Waals surface area contributed by atoms with Crippen molar-refractivity contribution in [1.82, 2.24) is 24.8 Å². The minimum absolute atomic E-state index is 0.0666. The van der Waals surface area contributed by atoms with E-state index < -0.39 is 0 Å². The topological polar surface area (TPSA) is 94.3 Å². The molecule has 1 fully saturated rings. The Kier molecular flexibility index (Phi) is 5.25. The van der Waals surface area contributed by atoms with Gasteiger partial charge in [0.15, 0.2) is 0 Å². The van der Waals surface area contributed by atoms with Crippen LogP contribution in [0.3, 0.4) is 0 Å². The summed E-state index contributed by atoms with van der Waals surface area (Å²) < 4.78 is 5.43. The Bertz CT molecular complexity index is 1230. The molecule has 1 amide bonds. The number of hydrogen-bond donors (Lipinski definition) is 2. The van der Waals surface area contributed by atoms with Crippen molar-refractivity contribution >= 4 is 16.8 Å². The Labute approximate surface area is 186 Å². The van der Waals surface area contributed by atoms with E-state index in [1.165, 1.54) is 0 Å². The Morgan fingerprint density at radius 3 is 2.88 bits per heavy atom. The van der Waals surface area contributed by atoms with E-state index >= 15 is 0 Å². The number of nitrogens with one attached hydrogen (secondary N) is 2. The predicted molar refractivity (Wildman–Crippen MR) is 122 cm³/mol. The standard InChI is InChI=1S/C24H29N5O3/c1-14(2)28-11-9-15-19(13-28)26-22(27-23(15)30)20-7-5-10-29(20)24(31)18-12-16-17(25-18)6-4-8-21(16)32-3/h4,6,8,12,14,20,25H,5,7,9-11,13H2,1-3H3,(H,26,27,30)/t20-/m1/s1. The SMILES string of the molecule is COc1cccc2[nH]c(C(=O)N3CCC[C@@H]3c3nc4c(c(=O)[nH]3)CCN(C(C)C)C4)cc12. The maximum atomic E-state index is 13.4. The molecule has 1 atom stereocenters. The molecule has 2 aliphatic rings. The molecular weight excluding hydrogens is 406 g/mol. The maximum absolute atomic E-state index is 13.4. The highest BCUT2D eigenvalue weighted by atomic mass is 16.5. The van der Waals surface area contributed by atoms with Crippen LogP contribution in [0.4, 0.5) is 0 Å². The molecule has 8 heteroatoms. The third-order valence-corrected chi connectivity index (χ3v) is 6.76. The monoisotopic (exact) mass is 435 g/mol. The summed E-state index contributed by atoms with van der Waals surface area (Å²) in [6.07, 6.45) is 2.37. The number of carbonyl (C=O) groups is 1. The molecule has 0 radical (unpaired) electrons. The number of methoxy groups -OCH3 is 1. The summed E-state index contributed by atoms with van der Waals surface area (Å²) in [4.78, 5) is 41.5. The molecule has 32 heavy (non-hydrogen) atoms. The van der Waals surface area contributed by atoms with Crippen molar-refractivity contribution in [3.8, 4) is 5.75 Å². The number of aromatic amines is 2. The molecule has 168 valence electrons. The Hall–Kier alpha value is -3.13. The number of likely N-dealkylation sites (tertiary alicyclic amines) is 1. The summed E-state index contributed by atoms with van der Waals surface area (Å²) in [5.74, 6) is 1.24. The van der Waals surface area contributed by atoms with E-state index in [1.807, 2.05) is 29.2 Å². The average Bonchev–Trinajstić information content (AvgIpc) is 3.45. The first-order valence-electron chi connectivity index (χ1n) is 11.3. The summed E-state index contributed by atoms with van der Waals surface area (Å²) in [6, 6.07) is 7.71. The van der Waals surface area contributed by atoms with Gasteiger partial charge in [-0.05, 0) is 51.3 Å². The molecule has 0 unspecified atom stereocenters. The van der Waals surface area contributed by atoms with Crippen molar-refractivity contribution < 1.29 is 9.53 Å². The molecule has 1 aromatic carbocycles. The number of carbonyl (C=O) groups excluding carboxylic acids is 1. The van der Waals surface area contributed by atoms with Crippen molar-refractivity contribution in [1.29, 1.82) is 0 Å². The molecule has 4 heterocycles. The first-order chi connectivity index (χ1) is 15.5. The van der Waals surface area contributed by atoms with Gasteiger partial charge in [0, 0.05) is 42.1 Å². The highest BCUT2D eigenvalue weighted by molar-refractivity contribution is 6.00. The van der Waals surface area contributed by atoms with E-state index in [-0.39, 0.29) is 17.5 Å². The third-order valence-electron chi connectivity index (χ3n) is 6.76. The van der Waals surface area contributed by atoms with Gasteiger partial charge >= 0.3 is 0 Å². The molecule has 1 saturated heterocycles. The number of rotatable bonds is 4. The number of benzene rings is 1. The molecule has 0 spiro atoms. The van der Waals surface area contributed by atoms with Crippen molar-refractivity contribution in [2.75, 3.05) is 20.2 Å². The fraction of sp³-hybridized carbons (Fsp3) is 0.458. The fourth-order valence-electron chi connectivity index (χ4n) is 4.95. The predicted octanol–water partition coefficient (Wildman–Crippen LogP) is 3.00. The van der Waals surface area contributed by atoms with Crippen LogP contribution < -0.4 is 10.3 Å². The number of hydrogen-bond acceptors (Lipinski definition) is 5. The molecule has 2 aromatic heterocycles. The lowest BCUT2D eigenvalue weighted by molar-refractivity contribution is 0.0724. The Morgan fingerprint density at radius 2 is 2.09 bits per heavy atom. The van der Waals surface area contributed by atoms with Gasteiger partial charge < -0.3 is 19.6 Å². The molecule has 3 aromatic rings. The summed E-state index contributed by atoms with van der Waals surface area (Å²) >= 11 is 0. The summed E-state index contributed by atoms with van der Waals surface area (Å²) in [6.45, 7) is 6.49. The number of ether oxygens (including phenoxy) is 1. The van der Waals surface area contributed by atoms with Crippen LogP contribution in [0.2, 0.25) is 0 Å².